The molecule has 0 bridgehead atoms. The van der Waals surface area contributed by atoms with E-state index in [-0.39, 0.29) is 0 Å². The standard InChI is InChI=1S/C10H17N3O/c1-3-10-8(5-13(2)12-10)4-11-9-6-14-7-9/h5,9,11H,3-4,6-7H2,1-2H3. The van der Waals surface area contributed by atoms with E-state index in [9.17, 15) is 0 Å². The Bertz CT molecular complexity index is 304. The van der Waals surface area contributed by atoms with Crippen molar-refractivity contribution in [3.63, 3.8) is 0 Å². The van der Waals surface area contributed by atoms with E-state index in [1.807, 2.05) is 11.7 Å². The summed E-state index contributed by atoms with van der Waals surface area (Å²) in [6, 6.07) is 0.542. The summed E-state index contributed by atoms with van der Waals surface area (Å²) in [5.41, 5.74) is 2.50. The van der Waals surface area contributed by atoms with Gasteiger partial charge in [-0.15, -0.1) is 0 Å². The molecule has 0 radical (unpaired) electrons. The molecule has 1 fully saturated rings. The number of hydrogen-bond acceptors (Lipinski definition) is 3. The Hall–Kier alpha value is -0.870. The molecule has 2 heterocycles. The minimum Gasteiger partial charge on any atom is -0.378 e. The van der Waals surface area contributed by atoms with E-state index < -0.39 is 0 Å². The van der Waals surface area contributed by atoms with Gasteiger partial charge >= 0.3 is 0 Å². The molecule has 2 rings (SSSR count). The first-order valence-corrected chi connectivity index (χ1v) is 5.12. The smallest absolute Gasteiger partial charge is 0.0666 e. The third-order valence-corrected chi connectivity index (χ3v) is 2.55. The van der Waals surface area contributed by atoms with E-state index in [1.54, 1.807) is 0 Å². The summed E-state index contributed by atoms with van der Waals surface area (Å²) in [5.74, 6) is 0. The summed E-state index contributed by atoms with van der Waals surface area (Å²) in [7, 11) is 1.97. The van der Waals surface area contributed by atoms with Crippen molar-refractivity contribution in [2.24, 2.45) is 7.05 Å². The van der Waals surface area contributed by atoms with Crippen molar-refractivity contribution in [1.82, 2.24) is 15.1 Å². The van der Waals surface area contributed by atoms with Crippen LogP contribution in [0.3, 0.4) is 0 Å². The van der Waals surface area contributed by atoms with E-state index in [4.69, 9.17) is 4.74 Å². The Balaban J connectivity index is 1.92. The molecule has 0 amide bonds. The monoisotopic (exact) mass is 195 g/mol. The fourth-order valence-electron chi connectivity index (χ4n) is 1.64. The van der Waals surface area contributed by atoms with Crippen LogP contribution in [0.4, 0.5) is 0 Å². The van der Waals surface area contributed by atoms with Gasteiger partial charge in [-0.3, -0.25) is 4.68 Å². The molecule has 0 aromatic carbocycles. The number of nitrogens with zero attached hydrogens (tertiary/aromatic N) is 2. The van der Waals surface area contributed by atoms with Gasteiger partial charge in [0.1, 0.15) is 0 Å². The lowest BCUT2D eigenvalue weighted by molar-refractivity contribution is -0.00581. The van der Waals surface area contributed by atoms with Gasteiger partial charge in [0.2, 0.25) is 0 Å². The van der Waals surface area contributed by atoms with Crippen molar-refractivity contribution in [3.8, 4) is 0 Å². The van der Waals surface area contributed by atoms with Gasteiger partial charge in [0.25, 0.3) is 0 Å². The summed E-state index contributed by atoms with van der Waals surface area (Å²) in [5, 5.41) is 7.84. The third-order valence-electron chi connectivity index (χ3n) is 2.55. The van der Waals surface area contributed by atoms with Crippen LogP contribution in [0.5, 0.6) is 0 Å². The molecular weight excluding hydrogens is 178 g/mol. The van der Waals surface area contributed by atoms with E-state index in [0.717, 1.165) is 26.2 Å². The number of rotatable bonds is 4. The van der Waals surface area contributed by atoms with Gasteiger partial charge in [-0.25, -0.2) is 0 Å². The summed E-state index contributed by atoms with van der Waals surface area (Å²) < 4.78 is 6.98. The van der Waals surface area contributed by atoms with Gasteiger partial charge in [0.05, 0.1) is 24.9 Å². The normalized spacial score (nSPS) is 17.0. The maximum absolute atomic E-state index is 5.10. The predicted octanol–water partition coefficient (Wildman–Crippen LogP) is 0.471. The topological polar surface area (TPSA) is 39.1 Å². The number of nitrogens with one attached hydrogen (secondary N) is 1. The quantitative estimate of drug-likeness (QED) is 0.759. The Morgan fingerprint density at radius 2 is 2.43 bits per heavy atom. The van der Waals surface area contributed by atoms with Gasteiger partial charge in [0, 0.05) is 25.4 Å². The molecule has 0 unspecified atom stereocenters. The Kier molecular flexibility index (Phi) is 2.84. The minimum absolute atomic E-state index is 0.542. The Morgan fingerprint density at radius 1 is 1.64 bits per heavy atom. The zero-order chi connectivity index (χ0) is 9.97. The number of ether oxygens (including phenoxy) is 1. The number of aromatic nitrogens is 2. The first-order chi connectivity index (χ1) is 6.79. The van der Waals surface area contributed by atoms with Crippen LogP contribution in [-0.2, 0) is 24.8 Å². The van der Waals surface area contributed by atoms with Crippen LogP contribution in [0.15, 0.2) is 6.20 Å². The van der Waals surface area contributed by atoms with Crippen molar-refractivity contribution >= 4 is 0 Å². The SMILES string of the molecule is CCc1nn(C)cc1CNC1COC1. The van der Waals surface area contributed by atoms with E-state index in [2.05, 4.69) is 23.5 Å². The highest BCUT2D eigenvalue weighted by Gasteiger charge is 2.17. The van der Waals surface area contributed by atoms with Crippen LogP contribution < -0.4 is 5.32 Å². The van der Waals surface area contributed by atoms with E-state index in [1.165, 1.54) is 11.3 Å². The van der Waals surface area contributed by atoms with Crippen molar-refractivity contribution < 1.29 is 4.74 Å². The lowest BCUT2D eigenvalue weighted by Crippen LogP contribution is -2.45. The molecule has 1 saturated heterocycles. The second-order valence-corrected chi connectivity index (χ2v) is 3.74. The van der Waals surface area contributed by atoms with Crippen LogP contribution in [0.25, 0.3) is 0 Å². The predicted molar refractivity (Wildman–Crippen MR) is 54.0 cm³/mol. The van der Waals surface area contributed by atoms with Gasteiger partial charge < -0.3 is 10.1 Å². The molecule has 4 heteroatoms. The summed E-state index contributed by atoms with van der Waals surface area (Å²) in [6.45, 7) is 4.74. The van der Waals surface area contributed by atoms with Gasteiger partial charge in [0.15, 0.2) is 0 Å². The molecule has 0 spiro atoms. The molecule has 0 aliphatic carbocycles. The zero-order valence-corrected chi connectivity index (χ0v) is 8.79. The molecule has 0 saturated carbocycles. The molecule has 1 aromatic heterocycles. The van der Waals surface area contributed by atoms with Crippen LogP contribution in [0.1, 0.15) is 18.2 Å². The summed E-state index contributed by atoms with van der Waals surface area (Å²) in [6.07, 6.45) is 3.09. The van der Waals surface area contributed by atoms with Crippen LogP contribution in [-0.4, -0.2) is 29.0 Å². The Labute approximate surface area is 84.3 Å². The maximum Gasteiger partial charge on any atom is 0.0666 e. The molecule has 1 aromatic rings. The summed E-state index contributed by atoms with van der Waals surface area (Å²) in [4.78, 5) is 0. The van der Waals surface area contributed by atoms with E-state index >= 15 is 0 Å². The molecule has 1 aliphatic rings. The average Bonchev–Trinajstić information content (AvgIpc) is 2.43. The minimum atomic E-state index is 0.542. The Morgan fingerprint density at radius 3 is 3.00 bits per heavy atom. The highest BCUT2D eigenvalue weighted by atomic mass is 16.5. The first-order valence-electron chi connectivity index (χ1n) is 5.12. The van der Waals surface area contributed by atoms with Gasteiger partial charge in [-0.1, -0.05) is 6.92 Å². The molecular formula is C10H17N3O. The van der Waals surface area contributed by atoms with Crippen molar-refractivity contribution in [2.45, 2.75) is 25.9 Å². The van der Waals surface area contributed by atoms with Crippen LogP contribution in [0, 0.1) is 0 Å². The molecule has 1 N–H and O–H groups in total. The molecule has 14 heavy (non-hydrogen) atoms. The lowest BCUT2D eigenvalue weighted by Gasteiger charge is -2.26. The van der Waals surface area contributed by atoms with E-state index in [0.29, 0.717) is 6.04 Å². The molecule has 0 atom stereocenters. The van der Waals surface area contributed by atoms with Gasteiger partial charge in [-0.2, -0.15) is 5.10 Å². The fraction of sp³-hybridized carbons (Fsp3) is 0.700. The maximum atomic E-state index is 5.10. The van der Waals surface area contributed by atoms with Crippen molar-refractivity contribution in [3.05, 3.63) is 17.5 Å². The third kappa shape index (κ3) is 1.96. The zero-order valence-electron chi connectivity index (χ0n) is 8.79. The largest absolute Gasteiger partial charge is 0.378 e. The van der Waals surface area contributed by atoms with Crippen LogP contribution >= 0.6 is 0 Å². The van der Waals surface area contributed by atoms with Gasteiger partial charge in [-0.05, 0) is 6.42 Å². The number of hydrogen-bond donors (Lipinski definition) is 1. The highest BCUT2D eigenvalue weighted by molar-refractivity contribution is 5.16. The second kappa shape index (κ2) is 4.11. The average molecular weight is 195 g/mol. The van der Waals surface area contributed by atoms with Crippen molar-refractivity contribution in [1.29, 1.82) is 0 Å². The highest BCUT2D eigenvalue weighted by Crippen LogP contribution is 2.08. The second-order valence-electron chi connectivity index (χ2n) is 3.74. The molecule has 1 aliphatic heterocycles. The fourth-order valence-corrected chi connectivity index (χ4v) is 1.64. The first kappa shape index (κ1) is 9.68. The molecule has 78 valence electrons. The molecule has 4 nitrogen and oxygen atoms in total. The summed E-state index contributed by atoms with van der Waals surface area (Å²) >= 11 is 0. The number of aryl methyl sites for hydroxylation is 2. The van der Waals surface area contributed by atoms with Crippen LogP contribution in [0.2, 0.25) is 0 Å². The van der Waals surface area contributed by atoms with Crippen molar-refractivity contribution in [2.75, 3.05) is 13.2 Å². The lowest BCUT2D eigenvalue weighted by atomic mass is 10.2.